The first-order valence-electron chi connectivity index (χ1n) is 7.28. The SMILES string of the molecule is O=C(NCCCn1cnc2ccccc21)c1cc(F)ccc1F. The number of imidazole rings is 1. The lowest BCUT2D eigenvalue weighted by Crippen LogP contribution is -2.26. The third-order valence-corrected chi connectivity index (χ3v) is 3.56. The zero-order valence-electron chi connectivity index (χ0n) is 12.3. The van der Waals surface area contributed by atoms with Crippen molar-refractivity contribution in [1.82, 2.24) is 14.9 Å². The van der Waals surface area contributed by atoms with Crippen molar-refractivity contribution in [2.45, 2.75) is 13.0 Å². The van der Waals surface area contributed by atoms with Crippen LogP contribution >= 0.6 is 0 Å². The molecule has 0 aliphatic carbocycles. The van der Waals surface area contributed by atoms with E-state index in [9.17, 15) is 13.6 Å². The van der Waals surface area contributed by atoms with E-state index in [1.807, 2.05) is 28.8 Å². The maximum absolute atomic E-state index is 13.5. The Kier molecular flexibility index (Phi) is 4.32. The highest BCUT2D eigenvalue weighted by Crippen LogP contribution is 2.12. The van der Waals surface area contributed by atoms with Crippen LogP contribution in [0.4, 0.5) is 8.78 Å². The molecular formula is C17H15F2N3O. The molecule has 0 aliphatic heterocycles. The second kappa shape index (κ2) is 6.56. The molecule has 23 heavy (non-hydrogen) atoms. The van der Waals surface area contributed by atoms with Crippen LogP contribution in [0.2, 0.25) is 0 Å². The quantitative estimate of drug-likeness (QED) is 0.735. The Morgan fingerprint density at radius 2 is 2.00 bits per heavy atom. The van der Waals surface area contributed by atoms with Gasteiger partial charge in [-0.25, -0.2) is 13.8 Å². The van der Waals surface area contributed by atoms with Gasteiger partial charge in [0.05, 0.1) is 22.9 Å². The van der Waals surface area contributed by atoms with Crippen molar-refractivity contribution in [2.75, 3.05) is 6.54 Å². The van der Waals surface area contributed by atoms with Crippen molar-refractivity contribution in [1.29, 1.82) is 0 Å². The third-order valence-electron chi connectivity index (χ3n) is 3.56. The number of halogens is 2. The number of nitrogens with one attached hydrogen (secondary N) is 1. The van der Waals surface area contributed by atoms with Gasteiger partial charge in [-0.15, -0.1) is 0 Å². The highest BCUT2D eigenvalue weighted by Gasteiger charge is 2.12. The van der Waals surface area contributed by atoms with Crippen LogP contribution in [0, 0.1) is 11.6 Å². The highest BCUT2D eigenvalue weighted by atomic mass is 19.1. The third kappa shape index (κ3) is 3.36. The molecule has 2 aromatic carbocycles. The van der Waals surface area contributed by atoms with Crippen LogP contribution in [0.5, 0.6) is 0 Å². The van der Waals surface area contributed by atoms with Crippen LogP contribution in [-0.2, 0) is 6.54 Å². The van der Waals surface area contributed by atoms with Gasteiger partial charge in [0.1, 0.15) is 11.6 Å². The molecule has 0 unspecified atom stereocenters. The number of aryl methyl sites for hydroxylation is 1. The standard InChI is InChI=1S/C17H15F2N3O/c18-12-6-7-14(19)13(10-12)17(23)20-8-3-9-22-11-21-15-4-1-2-5-16(15)22/h1-2,4-7,10-11H,3,8-9H2,(H,20,23). The number of carbonyl (C=O) groups excluding carboxylic acids is 1. The molecule has 0 radical (unpaired) electrons. The fourth-order valence-corrected chi connectivity index (χ4v) is 2.41. The molecule has 0 saturated heterocycles. The summed E-state index contributed by atoms with van der Waals surface area (Å²) in [4.78, 5) is 16.1. The lowest BCUT2D eigenvalue weighted by atomic mass is 10.2. The van der Waals surface area contributed by atoms with Gasteiger partial charge < -0.3 is 9.88 Å². The number of carbonyl (C=O) groups is 1. The number of rotatable bonds is 5. The predicted molar refractivity (Wildman–Crippen MR) is 83.0 cm³/mol. The number of hydrogen-bond acceptors (Lipinski definition) is 2. The van der Waals surface area contributed by atoms with E-state index in [0.717, 1.165) is 29.2 Å². The number of benzene rings is 2. The molecule has 3 aromatic rings. The van der Waals surface area contributed by atoms with Crippen molar-refractivity contribution in [2.24, 2.45) is 0 Å². The Bertz CT molecular complexity index is 845. The van der Waals surface area contributed by atoms with E-state index in [0.29, 0.717) is 19.5 Å². The van der Waals surface area contributed by atoms with Crippen LogP contribution in [0.15, 0.2) is 48.8 Å². The molecule has 0 bridgehead atoms. The summed E-state index contributed by atoms with van der Waals surface area (Å²) in [5.74, 6) is -1.98. The summed E-state index contributed by atoms with van der Waals surface area (Å²) >= 11 is 0. The number of para-hydroxylation sites is 2. The Morgan fingerprint density at radius 1 is 1.17 bits per heavy atom. The maximum Gasteiger partial charge on any atom is 0.254 e. The number of aromatic nitrogens is 2. The highest BCUT2D eigenvalue weighted by molar-refractivity contribution is 5.94. The summed E-state index contributed by atoms with van der Waals surface area (Å²) < 4.78 is 28.6. The molecule has 1 heterocycles. The molecule has 0 fully saturated rings. The predicted octanol–water partition coefficient (Wildman–Crippen LogP) is 3.13. The van der Waals surface area contributed by atoms with Crippen molar-refractivity contribution >= 4 is 16.9 Å². The Balaban J connectivity index is 1.55. The normalized spacial score (nSPS) is 10.9. The van der Waals surface area contributed by atoms with E-state index in [1.54, 1.807) is 6.33 Å². The first-order valence-corrected chi connectivity index (χ1v) is 7.28. The topological polar surface area (TPSA) is 46.9 Å². The van der Waals surface area contributed by atoms with E-state index >= 15 is 0 Å². The van der Waals surface area contributed by atoms with Gasteiger partial charge in [-0.2, -0.15) is 0 Å². The second-order valence-electron chi connectivity index (χ2n) is 5.16. The Labute approximate surface area is 131 Å². The summed E-state index contributed by atoms with van der Waals surface area (Å²) in [6.07, 6.45) is 2.40. The minimum Gasteiger partial charge on any atom is -0.352 e. The van der Waals surface area contributed by atoms with Gasteiger partial charge in [0, 0.05) is 13.1 Å². The summed E-state index contributed by atoms with van der Waals surface area (Å²) in [6, 6.07) is 10.6. The zero-order chi connectivity index (χ0) is 16.2. The van der Waals surface area contributed by atoms with E-state index in [-0.39, 0.29) is 5.56 Å². The molecule has 4 nitrogen and oxygen atoms in total. The molecule has 0 aliphatic rings. The molecule has 1 N–H and O–H groups in total. The average Bonchev–Trinajstić information content (AvgIpc) is 2.97. The number of fused-ring (bicyclic) bond motifs is 1. The van der Waals surface area contributed by atoms with Gasteiger partial charge in [-0.1, -0.05) is 12.1 Å². The van der Waals surface area contributed by atoms with Gasteiger partial charge in [0.2, 0.25) is 0 Å². The van der Waals surface area contributed by atoms with Crippen LogP contribution in [0.3, 0.4) is 0 Å². The fraction of sp³-hybridized carbons (Fsp3) is 0.176. The lowest BCUT2D eigenvalue weighted by molar-refractivity contribution is 0.0948. The Hall–Kier alpha value is -2.76. The molecule has 1 amide bonds. The van der Waals surface area contributed by atoms with Crippen molar-refractivity contribution in [3.05, 3.63) is 66.0 Å². The van der Waals surface area contributed by atoms with Crippen molar-refractivity contribution < 1.29 is 13.6 Å². The first kappa shape index (κ1) is 15.1. The molecule has 118 valence electrons. The minimum atomic E-state index is -0.732. The van der Waals surface area contributed by atoms with E-state index < -0.39 is 17.5 Å². The van der Waals surface area contributed by atoms with E-state index in [2.05, 4.69) is 10.3 Å². The van der Waals surface area contributed by atoms with Crippen LogP contribution < -0.4 is 5.32 Å². The van der Waals surface area contributed by atoms with Crippen LogP contribution in [0.25, 0.3) is 11.0 Å². The van der Waals surface area contributed by atoms with Crippen molar-refractivity contribution in [3.63, 3.8) is 0 Å². The second-order valence-corrected chi connectivity index (χ2v) is 5.16. The molecular weight excluding hydrogens is 300 g/mol. The molecule has 3 rings (SSSR count). The van der Waals surface area contributed by atoms with Gasteiger partial charge in [-0.05, 0) is 36.8 Å². The maximum atomic E-state index is 13.5. The van der Waals surface area contributed by atoms with Gasteiger partial charge in [0.25, 0.3) is 5.91 Å². The lowest BCUT2D eigenvalue weighted by Gasteiger charge is -2.07. The molecule has 1 aromatic heterocycles. The van der Waals surface area contributed by atoms with Gasteiger partial charge >= 0.3 is 0 Å². The smallest absolute Gasteiger partial charge is 0.254 e. The fourth-order valence-electron chi connectivity index (χ4n) is 2.41. The van der Waals surface area contributed by atoms with E-state index in [1.165, 1.54) is 0 Å². The largest absolute Gasteiger partial charge is 0.352 e. The monoisotopic (exact) mass is 315 g/mol. The molecule has 0 spiro atoms. The van der Waals surface area contributed by atoms with Crippen LogP contribution in [-0.4, -0.2) is 22.0 Å². The first-order chi connectivity index (χ1) is 11.1. The summed E-state index contributed by atoms with van der Waals surface area (Å²) in [6.45, 7) is 1.04. The number of nitrogens with zero attached hydrogens (tertiary/aromatic N) is 2. The number of hydrogen-bond donors (Lipinski definition) is 1. The zero-order valence-corrected chi connectivity index (χ0v) is 12.3. The summed E-state index contributed by atoms with van der Waals surface area (Å²) in [7, 11) is 0. The average molecular weight is 315 g/mol. The molecule has 0 saturated carbocycles. The van der Waals surface area contributed by atoms with E-state index in [4.69, 9.17) is 0 Å². The summed E-state index contributed by atoms with van der Waals surface area (Å²) in [5, 5.41) is 2.60. The van der Waals surface area contributed by atoms with Crippen molar-refractivity contribution in [3.8, 4) is 0 Å². The summed E-state index contributed by atoms with van der Waals surface area (Å²) in [5.41, 5.74) is 1.66. The minimum absolute atomic E-state index is 0.280. The number of amides is 1. The molecule has 0 atom stereocenters. The van der Waals surface area contributed by atoms with Crippen LogP contribution in [0.1, 0.15) is 16.8 Å². The van der Waals surface area contributed by atoms with Gasteiger partial charge in [-0.3, -0.25) is 4.79 Å². The Morgan fingerprint density at radius 3 is 2.87 bits per heavy atom. The molecule has 6 heteroatoms. The van der Waals surface area contributed by atoms with Gasteiger partial charge in [0.15, 0.2) is 0 Å².